The number of nitrogens with zero attached hydrogens (tertiary/aromatic N) is 3. The van der Waals surface area contributed by atoms with Gasteiger partial charge in [0, 0.05) is 17.2 Å². The van der Waals surface area contributed by atoms with Gasteiger partial charge in [-0.05, 0) is 12.5 Å². The first-order valence-electron chi connectivity index (χ1n) is 4.86. The van der Waals surface area contributed by atoms with Crippen molar-refractivity contribution >= 4 is 29.1 Å². The van der Waals surface area contributed by atoms with Crippen LogP contribution in [0.15, 0.2) is 17.2 Å². The fraction of sp³-hybridized carbons (Fsp3) is 0.400. The van der Waals surface area contributed by atoms with Crippen LogP contribution in [0.3, 0.4) is 0 Å². The molecule has 1 aromatic rings. The number of hydrogen-bond acceptors (Lipinski definition) is 5. The Morgan fingerprint density at radius 3 is 2.94 bits per heavy atom. The van der Waals surface area contributed by atoms with Gasteiger partial charge in [0.05, 0.1) is 9.95 Å². The summed E-state index contributed by atoms with van der Waals surface area (Å²) in [6, 6.07) is 4.59. The second kappa shape index (κ2) is 6.42. The molecule has 1 atom stereocenters. The third-order valence-electron chi connectivity index (χ3n) is 1.99. The molecule has 0 saturated heterocycles. The van der Waals surface area contributed by atoms with Gasteiger partial charge in [-0.2, -0.15) is 5.26 Å². The van der Waals surface area contributed by atoms with E-state index in [4.69, 9.17) is 16.9 Å². The topological polar surface area (TPSA) is 79.8 Å². The summed E-state index contributed by atoms with van der Waals surface area (Å²) in [5.74, 6) is 0.548. The highest BCUT2D eigenvalue weighted by Crippen LogP contribution is 2.26. The largest absolute Gasteiger partial charge is 0.305 e. The zero-order valence-electron chi connectivity index (χ0n) is 9.09. The number of aromatic nitrogens is 1. The smallest absolute Gasteiger partial charge is 0.258 e. The lowest BCUT2D eigenvalue weighted by molar-refractivity contribution is -0.385. The van der Waals surface area contributed by atoms with Gasteiger partial charge < -0.3 is 0 Å². The molecule has 1 aromatic heterocycles. The maximum absolute atomic E-state index is 10.6. The Bertz CT molecular complexity index is 461. The van der Waals surface area contributed by atoms with E-state index in [0.29, 0.717) is 10.9 Å². The fourth-order valence-corrected chi connectivity index (χ4v) is 2.54. The van der Waals surface area contributed by atoms with Crippen molar-refractivity contribution in [2.45, 2.75) is 23.6 Å². The standard InChI is InChI=1S/C10H10ClN3O2S/c1-7(4-5-11)17-10-3-2-9(14(15)16)8(6-12)13-10/h2-3,7H,4-5H2,1H3. The van der Waals surface area contributed by atoms with E-state index in [9.17, 15) is 10.1 Å². The van der Waals surface area contributed by atoms with Crippen LogP contribution in [0.2, 0.25) is 0 Å². The Kier molecular flexibility index (Phi) is 5.19. The summed E-state index contributed by atoms with van der Waals surface area (Å²) in [6.45, 7) is 1.99. The molecule has 1 unspecified atom stereocenters. The normalized spacial score (nSPS) is 11.8. The van der Waals surface area contributed by atoms with Crippen LogP contribution < -0.4 is 0 Å². The molecule has 0 amide bonds. The number of rotatable bonds is 5. The SMILES string of the molecule is CC(CCCl)Sc1ccc([N+](=O)[O-])c(C#N)n1. The zero-order chi connectivity index (χ0) is 12.8. The number of halogens is 1. The predicted molar refractivity (Wildman–Crippen MR) is 66.3 cm³/mol. The van der Waals surface area contributed by atoms with E-state index < -0.39 is 4.92 Å². The number of thioether (sulfide) groups is 1. The highest BCUT2D eigenvalue weighted by molar-refractivity contribution is 7.99. The Hall–Kier alpha value is -1.32. The molecule has 1 heterocycles. The molecule has 0 bridgehead atoms. The lowest BCUT2D eigenvalue weighted by Crippen LogP contribution is -2.00. The summed E-state index contributed by atoms with van der Waals surface area (Å²) in [5, 5.41) is 20.2. The van der Waals surface area contributed by atoms with E-state index in [-0.39, 0.29) is 16.6 Å². The highest BCUT2D eigenvalue weighted by Gasteiger charge is 2.16. The first-order chi connectivity index (χ1) is 8.08. The van der Waals surface area contributed by atoms with Crippen LogP contribution in [-0.4, -0.2) is 21.0 Å². The predicted octanol–water partition coefficient (Wildman–Crippen LogP) is 2.97. The van der Waals surface area contributed by atoms with Gasteiger partial charge in [0.25, 0.3) is 0 Å². The average molecular weight is 272 g/mol. The van der Waals surface area contributed by atoms with E-state index in [1.807, 2.05) is 6.92 Å². The molecule has 5 nitrogen and oxygen atoms in total. The molecule has 1 rings (SSSR count). The van der Waals surface area contributed by atoms with Crippen LogP contribution in [0.25, 0.3) is 0 Å². The quantitative estimate of drug-likeness (QED) is 0.356. The number of alkyl halides is 1. The molecule has 0 aromatic carbocycles. The molecule has 0 saturated carbocycles. The second-order valence-electron chi connectivity index (χ2n) is 3.29. The van der Waals surface area contributed by atoms with E-state index in [1.54, 1.807) is 12.1 Å². The van der Waals surface area contributed by atoms with Gasteiger partial charge >= 0.3 is 5.69 Å². The van der Waals surface area contributed by atoms with Gasteiger partial charge in [-0.1, -0.05) is 6.92 Å². The minimum atomic E-state index is -0.609. The Labute approximate surface area is 108 Å². The lowest BCUT2D eigenvalue weighted by Gasteiger charge is -2.08. The average Bonchev–Trinajstić information content (AvgIpc) is 2.28. The number of nitro groups is 1. The van der Waals surface area contributed by atoms with Gasteiger partial charge in [0.2, 0.25) is 5.69 Å². The van der Waals surface area contributed by atoms with Crippen molar-refractivity contribution in [1.82, 2.24) is 4.98 Å². The third kappa shape index (κ3) is 3.88. The highest BCUT2D eigenvalue weighted by atomic mass is 35.5. The van der Waals surface area contributed by atoms with Crippen LogP contribution in [0, 0.1) is 21.4 Å². The van der Waals surface area contributed by atoms with Gasteiger partial charge in [-0.15, -0.1) is 23.4 Å². The summed E-state index contributed by atoms with van der Waals surface area (Å²) in [4.78, 5) is 13.9. The lowest BCUT2D eigenvalue weighted by atomic mass is 10.3. The Morgan fingerprint density at radius 1 is 1.71 bits per heavy atom. The van der Waals surface area contributed by atoms with Crippen LogP contribution in [0.4, 0.5) is 5.69 Å². The number of pyridine rings is 1. The fourth-order valence-electron chi connectivity index (χ4n) is 1.15. The minimum Gasteiger partial charge on any atom is -0.258 e. The summed E-state index contributed by atoms with van der Waals surface area (Å²) in [5.41, 5.74) is -0.417. The second-order valence-corrected chi connectivity index (χ2v) is 5.13. The Balaban J connectivity index is 2.91. The van der Waals surface area contributed by atoms with E-state index in [0.717, 1.165) is 6.42 Å². The zero-order valence-corrected chi connectivity index (χ0v) is 10.7. The molecule has 0 N–H and O–H groups in total. The van der Waals surface area contributed by atoms with Gasteiger partial charge in [-0.3, -0.25) is 10.1 Å². The molecule has 17 heavy (non-hydrogen) atoms. The third-order valence-corrected chi connectivity index (χ3v) is 3.31. The molecule has 0 aliphatic heterocycles. The maximum Gasteiger partial charge on any atom is 0.305 e. The van der Waals surface area contributed by atoms with Crippen molar-refractivity contribution in [3.63, 3.8) is 0 Å². The van der Waals surface area contributed by atoms with Crippen molar-refractivity contribution in [3.05, 3.63) is 27.9 Å². The molecule has 0 spiro atoms. The molecule has 0 fully saturated rings. The molecule has 0 aliphatic rings. The van der Waals surface area contributed by atoms with E-state index >= 15 is 0 Å². The number of hydrogen-bond donors (Lipinski definition) is 0. The van der Waals surface area contributed by atoms with Crippen molar-refractivity contribution in [2.24, 2.45) is 0 Å². The summed E-state index contributed by atoms with van der Waals surface area (Å²) in [7, 11) is 0. The van der Waals surface area contributed by atoms with Crippen LogP contribution >= 0.6 is 23.4 Å². The van der Waals surface area contributed by atoms with Crippen LogP contribution in [0.1, 0.15) is 19.0 Å². The summed E-state index contributed by atoms with van der Waals surface area (Å²) in [6.07, 6.45) is 0.812. The summed E-state index contributed by atoms with van der Waals surface area (Å²) < 4.78 is 0. The van der Waals surface area contributed by atoms with Gasteiger partial charge in [0.15, 0.2) is 0 Å². The molecule has 90 valence electrons. The number of nitriles is 1. The van der Waals surface area contributed by atoms with Crippen LogP contribution in [-0.2, 0) is 0 Å². The minimum absolute atomic E-state index is 0.155. The molecule has 0 radical (unpaired) electrons. The maximum atomic E-state index is 10.6. The monoisotopic (exact) mass is 271 g/mol. The molecule has 0 aliphatic carbocycles. The van der Waals surface area contributed by atoms with Crippen LogP contribution in [0.5, 0.6) is 0 Å². The van der Waals surface area contributed by atoms with Crippen molar-refractivity contribution in [2.75, 3.05) is 5.88 Å². The van der Waals surface area contributed by atoms with Crippen molar-refractivity contribution in [1.29, 1.82) is 5.26 Å². The molecule has 7 heteroatoms. The Morgan fingerprint density at radius 2 is 2.41 bits per heavy atom. The molecular formula is C10H10ClN3O2S. The van der Waals surface area contributed by atoms with Crippen molar-refractivity contribution in [3.8, 4) is 6.07 Å². The first-order valence-corrected chi connectivity index (χ1v) is 6.28. The summed E-state index contributed by atoms with van der Waals surface area (Å²) >= 11 is 7.06. The molecular weight excluding hydrogens is 262 g/mol. The van der Waals surface area contributed by atoms with Crippen molar-refractivity contribution < 1.29 is 4.92 Å². The van der Waals surface area contributed by atoms with Gasteiger partial charge in [-0.25, -0.2) is 4.98 Å². The van der Waals surface area contributed by atoms with E-state index in [2.05, 4.69) is 4.98 Å². The van der Waals surface area contributed by atoms with E-state index in [1.165, 1.54) is 17.8 Å². The first kappa shape index (κ1) is 13.7. The van der Waals surface area contributed by atoms with Gasteiger partial charge in [0.1, 0.15) is 6.07 Å².